The lowest BCUT2D eigenvalue weighted by Gasteiger charge is -2.26. The number of morpholine rings is 1. The third-order valence-corrected chi connectivity index (χ3v) is 5.08. The first-order chi connectivity index (χ1) is 14.1. The average molecular weight is 394 g/mol. The van der Waals surface area contributed by atoms with Gasteiger partial charge in [-0.3, -0.25) is 14.3 Å². The lowest BCUT2D eigenvalue weighted by molar-refractivity contribution is 0.0323. The molecule has 1 aromatic heterocycles. The van der Waals surface area contributed by atoms with Crippen molar-refractivity contribution in [2.24, 2.45) is 5.73 Å². The minimum Gasteiger partial charge on any atom is -0.491 e. The third kappa shape index (κ3) is 4.17. The van der Waals surface area contributed by atoms with E-state index in [0.717, 1.165) is 38.5 Å². The van der Waals surface area contributed by atoms with Gasteiger partial charge >= 0.3 is 0 Å². The minimum absolute atomic E-state index is 0.171. The van der Waals surface area contributed by atoms with Gasteiger partial charge in [-0.2, -0.15) is 0 Å². The molecular formula is C22H26N4O3. The quantitative estimate of drug-likeness (QED) is 0.690. The second-order valence-corrected chi connectivity index (χ2v) is 7.19. The van der Waals surface area contributed by atoms with Gasteiger partial charge < -0.3 is 15.2 Å². The van der Waals surface area contributed by atoms with Crippen LogP contribution in [0.25, 0.3) is 16.6 Å². The molecule has 0 amide bonds. The van der Waals surface area contributed by atoms with Crippen molar-refractivity contribution in [1.29, 1.82) is 0 Å². The fourth-order valence-corrected chi connectivity index (χ4v) is 3.58. The second kappa shape index (κ2) is 8.73. The number of para-hydroxylation sites is 1. The Morgan fingerprint density at radius 1 is 1.14 bits per heavy atom. The predicted molar refractivity (Wildman–Crippen MR) is 113 cm³/mol. The summed E-state index contributed by atoms with van der Waals surface area (Å²) in [4.78, 5) is 20.5. The summed E-state index contributed by atoms with van der Waals surface area (Å²) in [7, 11) is 0. The van der Waals surface area contributed by atoms with Crippen molar-refractivity contribution < 1.29 is 9.47 Å². The van der Waals surface area contributed by atoms with E-state index in [1.807, 2.05) is 55.5 Å². The lowest BCUT2D eigenvalue weighted by Crippen LogP contribution is -2.38. The van der Waals surface area contributed by atoms with Gasteiger partial charge in [0.25, 0.3) is 5.56 Å². The molecule has 1 saturated heterocycles. The van der Waals surface area contributed by atoms with Gasteiger partial charge in [-0.25, -0.2) is 4.98 Å². The van der Waals surface area contributed by atoms with E-state index >= 15 is 0 Å². The predicted octanol–water partition coefficient (Wildman–Crippen LogP) is 2.12. The van der Waals surface area contributed by atoms with E-state index in [0.29, 0.717) is 29.1 Å². The lowest BCUT2D eigenvalue weighted by atomic mass is 10.2. The minimum atomic E-state index is -0.391. The number of nitrogens with zero attached hydrogens (tertiary/aromatic N) is 3. The summed E-state index contributed by atoms with van der Waals surface area (Å²) in [6.07, 6.45) is 0. The highest BCUT2D eigenvalue weighted by Crippen LogP contribution is 2.24. The largest absolute Gasteiger partial charge is 0.491 e. The van der Waals surface area contributed by atoms with Crippen LogP contribution in [0.3, 0.4) is 0 Å². The van der Waals surface area contributed by atoms with Crippen molar-refractivity contribution in [2.75, 3.05) is 39.5 Å². The van der Waals surface area contributed by atoms with Crippen LogP contribution in [0.15, 0.2) is 53.3 Å². The molecule has 0 aliphatic carbocycles. The van der Waals surface area contributed by atoms with Gasteiger partial charge in [0.2, 0.25) is 0 Å². The molecule has 7 nitrogen and oxygen atoms in total. The zero-order valence-electron chi connectivity index (χ0n) is 16.6. The Kier molecular flexibility index (Phi) is 5.89. The zero-order valence-corrected chi connectivity index (χ0v) is 16.6. The van der Waals surface area contributed by atoms with E-state index in [4.69, 9.17) is 20.2 Å². The first kappa shape index (κ1) is 19.6. The summed E-state index contributed by atoms with van der Waals surface area (Å²) in [6, 6.07) is 14.6. The molecule has 1 aliphatic heterocycles. The monoisotopic (exact) mass is 394 g/mol. The number of rotatable bonds is 6. The topological polar surface area (TPSA) is 82.6 Å². The van der Waals surface area contributed by atoms with E-state index in [2.05, 4.69) is 4.90 Å². The maximum atomic E-state index is 13.5. The van der Waals surface area contributed by atoms with Crippen LogP contribution in [-0.2, 0) is 4.74 Å². The standard InChI is InChI=1S/C22H26N4O3/c1-16(23)21-24-18-8-5-9-19(29-15-12-25-10-13-28-14-11-25)20(18)22(27)26(21)17-6-3-2-4-7-17/h2-9,16H,10-15,23H2,1H3/t16-/m0/s1. The normalized spacial score (nSPS) is 16.1. The van der Waals surface area contributed by atoms with Crippen LogP contribution >= 0.6 is 0 Å². The van der Waals surface area contributed by atoms with Crippen LogP contribution in [0, 0.1) is 0 Å². The molecule has 1 fully saturated rings. The molecule has 1 atom stereocenters. The Labute approximate surface area is 169 Å². The molecule has 2 N–H and O–H groups in total. The van der Waals surface area contributed by atoms with Crippen LogP contribution in [0.2, 0.25) is 0 Å². The first-order valence-electron chi connectivity index (χ1n) is 9.95. The van der Waals surface area contributed by atoms with Crippen molar-refractivity contribution in [3.05, 3.63) is 64.7 Å². The van der Waals surface area contributed by atoms with Gasteiger partial charge in [-0.05, 0) is 31.2 Å². The highest BCUT2D eigenvalue weighted by Gasteiger charge is 2.18. The molecule has 0 bridgehead atoms. The van der Waals surface area contributed by atoms with Crippen molar-refractivity contribution in [2.45, 2.75) is 13.0 Å². The average Bonchev–Trinajstić information content (AvgIpc) is 2.75. The highest BCUT2D eigenvalue weighted by molar-refractivity contribution is 5.84. The van der Waals surface area contributed by atoms with Gasteiger partial charge in [0.15, 0.2) is 0 Å². The summed E-state index contributed by atoms with van der Waals surface area (Å²) < 4.78 is 13.0. The van der Waals surface area contributed by atoms with Crippen LogP contribution in [0.4, 0.5) is 0 Å². The SMILES string of the molecule is C[C@H](N)c1nc2cccc(OCCN3CCOCC3)c2c(=O)n1-c1ccccc1. The maximum absolute atomic E-state index is 13.5. The van der Waals surface area contributed by atoms with E-state index in [-0.39, 0.29) is 5.56 Å². The summed E-state index contributed by atoms with van der Waals surface area (Å²) in [5, 5.41) is 0.475. The van der Waals surface area contributed by atoms with Crippen LogP contribution < -0.4 is 16.0 Å². The molecule has 0 saturated carbocycles. The molecule has 0 unspecified atom stereocenters. The molecule has 1 aliphatic rings. The fraction of sp³-hybridized carbons (Fsp3) is 0.364. The second-order valence-electron chi connectivity index (χ2n) is 7.19. The maximum Gasteiger partial charge on any atom is 0.269 e. The molecule has 29 heavy (non-hydrogen) atoms. The number of aromatic nitrogens is 2. The van der Waals surface area contributed by atoms with Gasteiger partial charge in [0.1, 0.15) is 23.6 Å². The highest BCUT2D eigenvalue weighted by atomic mass is 16.5. The Morgan fingerprint density at radius 2 is 1.90 bits per heavy atom. The smallest absolute Gasteiger partial charge is 0.269 e. The Bertz CT molecular complexity index is 1030. The van der Waals surface area contributed by atoms with Crippen molar-refractivity contribution >= 4 is 10.9 Å². The van der Waals surface area contributed by atoms with Crippen LogP contribution in [0.1, 0.15) is 18.8 Å². The molecule has 4 rings (SSSR count). The number of hydrogen-bond acceptors (Lipinski definition) is 6. The molecule has 152 valence electrons. The first-order valence-corrected chi connectivity index (χ1v) is 9.95. The van der Waals surface area contributed by atoms with Crippen LogP contribution in [-0.4, -0.2) is 53.9 Å². The molecule has 7 heteroatoms. The Morgan fingerprint density at radius 3 is 2.62 bits per heavy atom. The van der Waals surface area contributed by atoms with Crippen molar-refractivity contribution in [1.82, 2.24) is 14.5 Å². The fourth-order valence-electron chi connectivity index (χ4n) is 3.58. The van der Waals surface area contributed by atoms with E-state index < -0.39 is 6.04 Å². The molecular weight excluding hydrogens is 368 g/mol. The Hall–Kier alpha value is -2.74. The third-order valence-electron chi connectivity index (χ3n) is 5.08. The summed E-state index contributed by atoms with van der Waals surface area (Å²) in [6.45, 7) is 6.42. The van der Waals surface area contributed by atoms with Crippen LogP contribution in [0.5, 0.6) is 5.75 Å². The van der Waals surface area contributed by atoms with E-state index in [9.17, 15) is 4.79 Å². The summed E-state index contributed by atoms with van der Waals surface area (Å²) >= 11 is 0. The number of hydrogen-bond donors (Lipinski definition) is 1. The molecule has 2 aromatic carbocycles. The summed E-state index contributed by atoms with van der Waals surface area (Å²) in [5.74, 6) is 1.08. The van der Waals surface area contributed by atoms with Gasteiger partial charge in [-0.1, -0.05) is 24.3 Å². The van der Waals surface area contributed by atoms with E-state index in [1.165, 1.54) is 0 Å². The molecule has 0 radical (unpaired) electrons. The van der Waals surface area contributed by atoms with Gasteiger partial charge in [-0.15, -0.1) is 0 Å². The molecule has 0 spiro atoms. The van der Waals surface area contributed by atoms with Crippen molar-refractivity contribution in [3.8, 4) is 11.4 Å². The van der Waals surface area contributed by atoms with Crippen molar-refractivity contribution in [3.63, 3.8) is 0 Å². The number of ether oxygens (including phenoxy) is 2. The van der Waals surface area contributed by atoms with Gasteiger partial charge in [0, 0.05) is 19.6 Å². The van der Waals surface area contributed by atoms with Gasteiger partial charge in [0.05, 0.1) is 30.5 Å². The summed E-state index contributed by atoms with van der Waals surface area (Å²) in [5.41, 5.74) is 7.31. The van der Waals surface area contributed by atoms with E-state index in [1.54, 1.807) is 4.57 Å². The number of fused-ring (bicyclic) bond motifs is 1. The number of benzene rings is 2. The molecule has 2 heterocycles. The Balaban J connectivity index is 1.72. The molecule has 3 aromatic rings. The number of nitrogens with two attached hydrogens (primary N) is 1. The zero-order chi connectivity index (χ0) is 20.2.